The number of carbonyl (C=O) groups excluding carboxylic acids is 1. The van der Waals surface area contributed by atoms with Gasteiger partial charge in [0.1, 0.15) is 0 Å². The molecule has 144 valence electrons. The first kappa shape index (κ1) is 18.7. The lowest BCUT2D eigenvalue weighted by Crippen LogP contribution is -2.50. The second kappa shape index (κ2) is 8.17. The molecule has 0 atom stereocenters. The monoisotopic (exact) mass is 392 g/mol. The molecule has 1 aromatic carbocycles. The van der Waals surface area contributed by atoms with E-state index in [1.165, 1.54) is 10.6 Å². The van der Waals surface area contributed by atoms with Gasteiger partial charge in [-0.05, 0) is 18.4 Å². The Morgan fingerprint density at radius 1 is 1.25 bits per heavy atom. The van der Waals surface area contributed by atoms with Gasteiger partial charge in [0.25, 0.3) is 5.91 Å². The Balaban J connectivity index is 1.44. The van der Waals surface area contributed by atoms with Crippen molar-refractivity contribution in [3.63, 3.8) is 0 Å². The second-order valence-corrected chi connectivity index (χ2v) is 8.53. The average Bonchev–Trinajstić information content (AvgIpc) is 3.12. The number of benzene rings is 1. The third-order valence-corrected chi connectivity index (χ3v) is 5.95. The Morgan fingerprint density at radius 2 is 2.07 bits per heavy atom. The molecule has 2 aromatic rings. The van der Waals surface area contributed by atoms with E-state index >= 15 is 0 Å². The zero-order valence-electron chi connectivity index (χ0n) is 16.3. The van der Waals surface area contributed by atoms with Crippen molar-refractivity contribution in [3.05, 3.63) is 63.2 Å². The predicted molar refractivity (Wildman–Crippen MR) is 111 cm³/mol. The average molecular weight is 393 g/mol. The fourth-order valence-corrected chi connectivity index (χ4v) is 4.36. The molecule has 2 aliphatic heterocycles. The number of aryl methyl sites for hydroxylation is 1. The summed E-state index contributed by atoms with van der Waals surface area (Å²) >= 11 is 1.61. The molecule has 0 N–H and O–H groups in total. The van der Waals surface area contributed by atoms with Gasteiger partial charge in [-0.3, -0.25) is 9.69 Å². The van der Waals surface area contributed by atoms with Crippen LogP contribution in [-0.2, 0) is 11.3 Å². The van der Waals surface area contributed by atoms with Gasteiger partial charge in [-0.25, -0.2) is 4.98 Å². The molecule has 3 heterocycles. The Labute approximate surface area is 170 Å². The number of amides is 1. The van der Waals surface area contributed by atoms with Gasteiger partial charge in [0, 0.05) is 49.9 Å². The van der Waals surface area contributed by atoms with Gasteiger partial charge >= 0.3 is 0 Å². The van der Waals surface area contributed by atoms with Crippen LogP contribution in [0.5, 0.6) is 0 Å². The molecular formula is C22H24N4OS. The summed E-state index contributed by atoms with van der Waals surface area (Å²) in [5.41, 5.74) is 3.27. The number of aromatic nitrogens is 1. The smallest absolute Gasteiger partial charge is 0.254 e. The van der Waals surface area contributed by atoms with Gasteiger partial charge in [-0.1, -0.05) is 36.3 Å². The molecule has 0 unspecified atom stereocenters. The van der Waals surface area contributed by atoms with Crippen LogP contribution in [0.1, 0.15) is 21.9 Å². The summed E-state index contributed by atoms with van der Waals surface area (Å²) in [5, 5.41) is 0.858. The van der Waals surface area contributed by atoms with Gasteiger partial charge in [0.15, 0.2) is 5.01 Å². The molecule has 0 spiro atoms. The van der Waals surface area contributed by atoms with Crippen molar-refractivity contribution < 1.29 is 4.79 Å². The number of nitrogens with zero attached hydrogens (tertiary/aromatic N) is 4. The van der Waals surface area contributed by atoms with E-state index in [-0.39, 0.29) is 5.91 Å². The van der Waals surface area contributed by atoms with Crippen LogP contribution in [0.15, 0.2) is 47.8 Å². The number of hydrogen-bond donors (Lipinski definition) is 0. The maximum Gasteiger partial charge on any atom is 0.254 e. The van der Waals surface area contributed by atoms with Crippen LogP contribution in [0.25, 0.3) is 0 Å². The zero-order chi connectivity index (χ0) is 19.5. The van der Waals surface area contributed by atoms with Gasteiger partial charge in [-0.15, -0.1) is 11.3 Å². The number of thiazole rings is 1. The Hall–Kier alpha value is -2.62. The van der Waals surface area contributed by atoms with Crippen LogP contribution in [0.4, 0.5) is 0 Å². The molecular weight excluding hydrogens is 368 g/mol. The minimum atomic E-state index is 0.158. The number of hydrogen-bond acceptors (Lipinski definition) is 5. The Morgan fingerprint density at radius 3 is 2.82 bits per heavy atom. The molecule has 0 radical (unpaired) electrons. The first-order valence-electron chi connectivity index (χ1n) is 9.50. The lowest BCUT2D eigenvalue weighted by Gasteiger charge is -2.42. The van der Waals surface area contributed by atoms with E-state index in [1.54, 1.807) is 11.3 Å². The Kier molecular flexibility index (Phi) is 5.47. The maximum absolute atomic E-state index is 13.1. The van der Waals surface area contributed by atoms with Crippen molar-refractivity contribution in [1.29, 1.82) is 0 Å². The Bertz CT molecular complexity index is 954. The fraction of sp³-hybridized carbons (Fsp3) is 0.364. The lowest BCUT2D eigenvalue weighted by molar-refractivity contribution is -0.131. The SMILES string of the molecule is Cc1cnc(C#CCN2CCC3=C(C2)C(=O)N(Cc2ccccc2)CN3C)s1. The molecule has 28 heavy (non-hydrogen) atoms. The highest BCUT2D eigenvalue weighted by atomic mass is 32.1. The van der Waals surface area contributed by atoms with Gasteiger partial charge in [0.2, 0.25) is 0 Å². The summed E-state index contributed by atoms with van der Waals surface area (Å²) in [6.45, 7) is 5.58. The summed E-state index contributed by atoms with van der Waals surface area (Å²) in [4.78, 5) is 25.0. The van der Waals surface area contributed by atoms with Crippen LogP contribution in [0.3, 0.4) is 0 Å². The van der Waals surface area contributed by atoms with Crippen LogP contribution < -0.4 is 0 Å². The van der Waals surface area contributed by atoms with E-state index in [9.17, 15) is 4.79 Å². The van der Waals surface area contributed by atoms with Gasteiger partial charge in [-0.2, -0.15) is 0 Å². The normalized spacial score (nSPS) is 17.4. The summed E-state index contributed by atoms with van der Waals surface area (Å²) in [7, 11) is 2.08. The van der Waals surface area contributed by atoms with E-state index < -0.39 is 0 Å². The molecule has 1 amide bonds. The molecule has 0 fully saturated rings. The van der Waals surface area contributed by atoms with Crippen LogP contribution in [0, 0.1) is 18.8 Å². The van der Waals surface area contributed by atoms with Crippen LogP contribution >= 0.6 is 11.3 Å². The third kappa shape index (κ3) is 4.11. The minimum Gasteiger partial charge on any atom is -0.360 e. The molecule has 0 bridgehead atoms. The molecule has 4 rings (SSSR count). The lowest BCUT2D eigenvalue weighted by atomic mass is 10.0. The number of carbonyl (C=O) groups is 1. The quantitative estimate of drug-likeness (QED) is 0.753. The summed E-state index contributed by atoms with van der Waals surface area (Å²) in [5.74, 6) is 6.52. The van der Waals surface area contributed by atoms with Crippen LogP contribution in [-0.4, -0.2) is 58.9 Å². The molecule has 0 saturated carbocycles. The van der Waals surface area contributed by atoms with Crippen molar-refractivity contribution in [2.75, 3.05) is 33.4 Å². The second-order valence-electron chi connectivity index (χ2n) is 7.29. The molecule has 0 saturated heterocycles. The molecule has 5 nitrogen and oxygen atoms in total. The van der Waals surface area contributed by atoms with Crippen molar-refractivity contribution >= 4 is 17.2 Å². The summed E-state index contributed by atoms with van der Waals surface area (Å²) < 4.78 is 0. The summed E-state index contributed by atoms with van der Waals surface area (Å²) in [6.07, 6.45) is 2.75. The van der Waals surface area contributed by atoms with Gasteiger partial charge in [0.05, 0.1) is 18.8 Å². The van der Waals surface area contributed by atoms with E-state index in [4.69, 9.17) is 0 Å². The van der Waals surface area contributed by atoms with Crippen molar-refractivity contribution in [2.24, 2.45) is 0 Å². The summed E-state index contributed by atoms with van der Waals surface area (Å²) in [6, 6.07) is 10.2. The van der Waals surface area contributed by atoms with E-state index in [2.05, 4.69) is 45.8 Å². The highest BCUT2D eigenvalue weighted by Gasteiger charge is 2.33. The maximum atomic E-state index is 13.1. The van der Waals surface area contributed by atoms with E-state index in [0.717, 1.165) is 29.1 Å². The van der Waals surface area contributed by atoms with Gasteiger partial charge < -0.3 is 9.80 Å². The van der Waals surface area contributed by atoms with E-state index in [1.807, 2.05) is 36.2 Å². The van der Waals surface area contributed by atoms with Crippen LogP contribution in [0.2, 0.25) is 0 Å². The highest BCUT2D eigenvalue weighted by Crippen LogP contribution is 2.27. The largest absolute Gasteiger partial charge is 0.360 e. The van der Waals surface area contributed by atoms with Crippen molar-refractivity contribution in [2.45, 2.75) is 19.9 Å². The fourth-order valence-electron chi connectivity index (χ4n) is 3.72. The molecule has 2 aliphatic rings. The highest BCUT2D eigenvalue weighted by molar-refractivity contribution is 7.12. The standard InChI is InChI=1S/C22H24N4OS/c1-17-13-23-21(28-17)9-6-11-25-12-10-20-19(15-25)22(27)26(16-24(20)2)14-18-7-4-3-5-8-18/h3-5,7-8,13H,10-12,14-16H2,1-2H3. The molecule has 1 aromatic heterocycles. The first-order chi connectivity index (χ1) is 13.6. The predicted octanol–water partition coefficient (Wildman–Crippen LogP) is 2.69. The topological polar surface area (TPSA) is 39.7 Å². The third-order valence-electron chi connectivity index (χ3n) is 5.12. The zero-order valence-corrected chi connectivity index (χ0v) is 17.1. The molecule has 0 aliphatic carbocycles. The van der Waals surface area contributed by atoms with Crippen molar-refractivity contribution in [3.8, 4) is 11.8 Å². The van der Waals surface area contributed by atoms with E-state index in [0.29, 0.717) is 26.3 Å². The molecule has 6 heteroatoms. The van der Waals surface area contributed by atoms with Crippen molar-refractivity contribution in [1.82, 2.24) is 19.7 Å². The first-order valence-corrected chi connectivity index (χ1v) is 10.3. The minimum absolute atomic E-state index is 0.158. The number of rotatable bonds is 3.